The first-order valence-electron chi connectivity index (χ1n) is 5.25. The molecule has 6 heteroatoms. The summed E-state index contributed by atoms with van der Waals surface area (Å²) in [6, 6.07) is 2.06. The third kappa shape index (κ3) is 2.81. The molecule has 0 fully saturated rings. The van der Waals surface area contributed by atoms with Crippen molar-refractivity contribution in [3.8, 4) is 0 Å². The maximum Gasteiger partial charge on any atom is 0.150 e. The number of hydrogen-bond donors (Lipinski definition) is 1. The van der Waals surface area contributed by atoms with Crippen LogP contribution in [0.25, 0.3) is 0 Å². The van der Waals surface area contributed by atoms with E-state index in [9.17, 15) is 8.78 Å². The van der Waals surface area contributed by atoms with Gasteiger partial charge in [-0.3, -0.25) is 9.97 Å². The number of halogens is 3. The van der Waals surface area contributed by atoms with E-state index >= 15 is 0 Å². The van der Waals surface area contributed by atoms with Gasteiger partial charge in [0.25, 0.3) is 0 Å². The van der Waals surface area contributed by atoms with E-state index in [2.05, 4.69) is 31.2 Å². The van der Waals surface area contributed by atoms with Gasteiger partial charge in [0.2, 0.25) is 0 Å². The predicted octanol–water partition coefficient (Wildman–Crippen LogP) is 3.69. The van der Waals surface area contributed by atoms with Crippen molar-refractivity contribution < 1.29 is 8.78 Å². The number of nitrogens with one attached hydrogen (secondary N) is 1. The molecule has 18 heavy (non-hydrogen) atoms. The van der Waals surface area contributed by atoms with Gasteiger partial charge in [0, 0.05) is 16.9 Å². The van der Waals surface area contributed by atoms with Gasteiger partial charge in [-0.25, -0.2) is 8.78 Å². The molecule has 0 saturated carbocycles. The van der Waals surface area contributed by atoms with Gasteiger partial charge >= 0.3 is 0 Å². The Bertz CT molecular complexity index is 525. The van der Waals surface area contributed by atoms with Gasteiger partial charge in [-0.05, 0) is 19.1 Å². The van der Waals surface area contributed by atoms with Crippen molar-refractivity contribution in [1.82, 2.24) is 9.97 Å². The zero-order valence-corrected chi connectivity index (χ0v) is 11.1. The molecular weight excluding hydrogens is 304 g/mol. The van der Waals surface area contributed by atoms with Crippen LogP contribution in [0.5, 0.6) is 0 Å². The molecule has 0 spiro atoms. The average Bonchev–Trinajstić information content (AvgIpc) is 2.34. The number of benzene rings is 1. The van der Waals surface area contributed by atoms with Crippen LogP contribution in [0.15, 0.2) is 35.2 Å². The maximum absolute atomic E-state index is 13.6. The molecule has 3 nitrogen and oxygen atoms in total. The van der Waals surface area contributed by atoms with E-state index in [1.807, 2.05) is 0 Å². The van der Waals surface area contributed by atoms with Crippen molar-refractivity contribution in [2.75, 3.05) is 5.32 Å². The summed E-state index contributed by atoms with van der Waals surface area (Å²) in [5.74, 6) is -1.31. The van der Waals surface area contributed by atoms with E-state index in [0.29, 0.717) is 10.2 Å². The van der Waals surface area contributed by atoms with Crippen LogP contribution in [0.1, 0.15) is 18.7 Å². The Balaban J connectivity index is 2.25. The first-order valence-corrected chi connectivity index (χ1v) is 6.04. The molecule has 2 aromatic rings. The van der Waals surface area contributed by atoms with Crippen LogP contribution in [0.4, 0.5) is 14.5 Å². The lowest BCUT2D eigenvalue weighted by molar-refractivity contribution is 0.582. The molecule has 0 amide bonds. The summed E-state index contributed by atoms with van der Waals surface area (Å²) in [5, 5.41) is 2.75. The zero-order chi connectivity index (χ0) is 13.1. The van der Waals surface area contributed by atoms with Gasteiger partial charge in [0.1, 0.15) is 17.3 Å². The topological polar surface area (TPSA) is 37.8 Å². The van der Waals surface area contributed by atoms with Gasteiger partial charge in [-0.15, -0.1) is 0 Å². The molecule has 94 valence electrons. The van der Waals surface area contributed by atoms with Gasteiger partial charge in [-0.1, -0.05) is 15.9 Å². The van der Waals surface area contributed by atoms with E-state index < -0.39 is 11.6 Å². The number of rotatable bonds is 3. The number of aromatic nitrogens is 2. The fraction of sp³-hybridized carbons (Fsp3) is 0.167. The van der Waals surface area contributed by atoms with Crippen molar-refractivity contribution in [3.05, 3.63) is 52.5 Å². The highest BCUT2D eigenvalue weighted by molar-refractivity contribution is 9.10. The van der Waals surface area contributed by atoms with E-state index in [0.717, 1.165) is 0 Å². The highest BCUT2D eigenvalue weighted by atomic mass is 79.9. The second kappa shape index (κ2) is 5.39. The lowest BCUT2D eigenvalue weighted by Crippen LogP contribution is -2.11. The molecular formula is C12H10BrF2N3. The Morgan fingerprint density at radius 3 is 2.44 bits per heavy atom. The molecule has 0 saturated heterocycles. The quantitative estimate of drug-likeness (QED) is 0.939. The van der Waals surface area contributed by atoms with Gasteiger partial charge < -0.3 is 5.32 Å². The van der Waals surface area contributed by atoms with Crippen LogP contribution < -0.4 is 5.32 Å². The van der Waals surface area contributed by atoms with E-state index in [1.54, 1.807) is 13.1 Å². The number of nitrogens with zero attached hydrogens (tertiary/aromatic N) is 2. The molecule has 0 aliphatic heterocycles. The summed E-state index contributed by atoms with van der Waals surface area (Å²) in [7, 11) is 0. The highest BCUT2D eigenvalue weighted by Gasteiger charge is 2.14. The van der Waals surface area contributed by atoms with Crippen LogP contribution in [-0.2, 0) is 0 Å². The lowest BCUT2D eigenvalue weighted by Gasteiger charge is -2.15. The molecule has 0 aliphatic carbocycles. The monoisotopic (exact) mass is 313 g/mol. The SMILES string of the molecule is CC(Nc1c(F)cc(Br)cc1F)c1cnccn1. The van der Waals surface area contributed by atoms with E-state index in [-0.39, 0.29) is 11.7 Å². The first kappa shape index (κ1) is 12.9. The Kier molecular flexibility index (Phi) is 3.86. The van der Waals surface area contributed by atoms with Gasteiger partial charge in [-0.2, -0.15) is 0 Å². The third-order valence-corrected chi connectivity index (χ3v) is 2.85. The molecule has 1 atom stereocenters. The molecule has 1 N–H and O–H groups in total. The standard InChI is InChI=1S/C12H10BrF2N3/c1-7(11-6-16-2-3-17-11)18-12-9(14)4-8(13)5-10(12)15/h2-7,18H,1H3. The fourth-order valence-corrected chi connectivity index (χ4v) is 1.91. The predicted molar refractivity (Wildman–Crippen MR) is 68.1 cm³/mol. The van der Waals surface area contributed by atoms with Crippen LogP contribution in [0.2, 0.25) is 0 Å². The van der Waals surface area contributed by atoms with Gasteiger partial charge in [0.15, 0.2) is 0 Å². The van der Waals surface area contributed by atoms with Crippen LogP contribution in [0, 0.1) is 11.6 Å². The number of hydrogen-bond acceptors (Lipinski definition) is 3. The minimum absolute atomic E-state index is 0.170. The Morgan fingerprint density at radius 1 is 1.22 bits per heavy atom. The summed E-state index contributed by atoms with van der Waals surface area (Å²) in [5.41, 5.74) is 0.440. The molecule has 1 aromatic heterocycles. The second-order valence-electron chi connectivity index (χ2n) is 3.74. The summed E-state index contributed by atoms with van der Waals surface area (Å²) < 4.78 is 27.6. The minimum atomic E-state index is -0.655. The fourth-order valence-electron chi connectivity index (χ4n) is 1.50. The molecule has 0 bridgehead atoms. The molecule has 0 radical (unpaired) electrons. The molecule has 2 rings (SSSR count). The van der Waals surface area contributed by atoms with Crippen molar-refractivity contribution >= 4 is 21.6 Å². The normalized spacial score (nSPS) is 12.2. The largest absolute Gasteiger partial charge is 0.372 e. The van der Waals surface area contributed by atoms with Crippen molar-refractivity contribution in [2.24, 2.45) is 0 Å². The Hall–Kier alpha value is -1.56. The Labute approximate surface area is 111 Å². The van der Waals surface area contributed by atoms with Crippen LogP contribution in [-0.4, -0.2) is 9.97 Å². The third-order valence-electron chi connectivity index (χ3n) is 2.39. The smallest absolute Gasteiger partial charge is 0.150 e. The lowest BCUT2D eigenvalue weighted by atomic mass is 10.2. The van der Waals surface area contributed by atoms with Crippen LogP contribution in [0.3, 0.4) is 0 Å². The second-order valence-corrected chi connectivity index (χ2v) is 4.66. The van der Waals surface area contributed by atoms with Crippen molar-refractivity contribution in [3.63, 3.8) is 0 Å². The first-order chi connectivity index (χ1) is 8.58. The average molecular weight is 314 g/mol. The van der Waals surface area contributed by atoms with E-state index in [1.165, 1.54) is 24.5 Å². The summed E-state index contributed by atoms with van der Waals surface area (Å²) in [6.45, 7) is 1.75. The van der Waals surface area contributed by atoms with Gasteiger partial charge in [0.05, 0.1) is 17.9 Å². The molecule has 1 heterocycles. The van der Waals surface area contributed by atoms with Crippen molar-refractivity contribution in [2.45, 2.75) is 13.0 Å². The highest BCUT2D eigenvalue weighted by Crippen LogP contribution is 2.26. The van der Waals surface area contributed by atoms with Crippen LogP contribution >= 0.6 is 15.9 Å². The van der Waals surface area contributed by atoms with E-state index in [4.69, 9.17) is 0 Å². The molecule has 0 aliphatic rings. The Morgan fingerprint density at radius 2 is 1.89 bits per heavy atom. The summed E-state index contributed by atoms with van der Waals surface area (Å²) in [6.07, 6.45) is 4.62. The summed E-state index contributed by atoms with van der Waals surface area (Å²) in [4.78, 5) is 7.98. The summed E-state index contributed by atoms with van der Waals surface area (Å²) >= 11 is 3.03. The molecule has 1 aromatic carbocycles. The number of anilines is 1. The zero-order valence-electron chi connectivity index (χ0n) is 9.49. The molecule has 1 unspecified atom stereocenters. The van der Waals surface area contributed by atoms with Crippen molar-refractivity contribution in [1.29, 1.82) is 0 Å². The maximum atomic E-state index is 13.6. The minimum Gasteiger partial charge on any atom is -0.372 e.